The third-order valence-corrected chi connectivity index (χ3v) is 5.50. The van der Waals surface area contributed by atoms with Crippen molar-refractivity contribution in [2.75, 3.05) is 43.0 Å². The lowest BCUT2D eigenvalue weighted by Gasteiger charge is -2.34. The summed E-state index contributed by atoms with van der Waals surface area (Å²) in [7, 11) is 2.13. The molecule has 0 bridgehead atoms. The molecule has 0 saturated carbocycles. The monoisotopic (exact) mass is 342 g/mol. The van der Waals surface area contributed by atoms with Gasteiger partial charge in [0.2, 0.25) is 0 Å². The van der Waals surface area contributed by atoms with Gasteiger partial charge in [-0.3, -0.25) is 0 Å². The minimum atomic E-state index is 0.490. The van der Waals surface area contributed by atoms with E-state index >= 15 is 0 Å². The number of nitrogens with zero attached hydrogens (tertiary/aromatic N) is 7. The summed E-state index contributed by atoms with van der Waals surface area (Å²) in [6.07, 6.45) is 8.11. The highest BCUT2D eigenvalue weighted by Crippen LogP contribution is 2.25. The Morgan fingerprint density at radius 2 is 1.72 bits per heavy atom. The standard InChI is InChI=1S/C17H26N8/c1-23(14-4-8-18-9-5-14)16-2-3-17(22-21-16)24-10-6-15(7-11-24)25-12-19-20-13-25/h2-3,12-15,18H,4-11H2,1H3. The van der Waals surface area contributed by atoms with E-state index < -0.39 is 0 Å². The molecule has 0 aliphatic carbocycles. The fourth-order valence-electron chi connectivity index (χ4n) is 3.85. The Kier molecular flexibility index (Phi) is 4.78. The molecule has 2 aliphatic rings. The van der Waals surface area contributed by atoms with Crippen molar-refractivity contribution in [1.29, 1.82) is 0 Å². The van der Waals surface area contributed by atoms with E-state index in [1.807, 2.05) is 12.7 Å². The maximum atomic E-state index is 4.49. The van der Waals surface area contributed by atoms with Gasteiger partial charge in [-0.2, -0.15) is 0 Å². The van der Waals surface area contributed by atoms with E-state index in [4.69, 9.17) is 0 Å². The molecule has 0 spiro atoms. The topological polar surface area (TPSA) is 75.0 Å². The van der Waals surface area contributed by atoms with Crippen LogP contribution in [-0.4, -0.2) is 64.2 Å². The molecule has 8 nitrogen and oxygen atoms in total. The SMILES string of the molecule is CN(c1ccc(N2CCC(n3cnnc3)CC2)nn1)C1CCNCC1. The van der Waals surface area contributed by atoms with E-state index in [-0.39, 0.29) is 0 Å². The summed E-state index contributed by atoms with van der Waals surface area (Å²) < 4.78 is 2.11. The molecule has 2 fully saturated rings. The Morgan fingerprint density at radius 3 is 2.36 bits per heavy atom. The average molecular weight is 342 g/mol. The summed E-state index contributed by atoms with van der Waals surface area (Å²) in [4.78, 5) is 4.60. The van der Waals surface area contributed by atoms with Crippen LogP contribution in [0.15, 0.2) is 24.8 Å². The number of aromatic nitrogens is 5. The fourth-order valence-corrected chi connectivity index (χ4v) is 3.85. The lowest BCUT2D eigenvalue weighted by molar-refractivity contribution is 0.393. The lowest BCUT2D eigenvalue weighted by atomic mass is 10.0. The van der Waals surface area contributed by atoms with Crippen LogP contribution >= 0.6 is 0 Å². The first-order valence-corrected chi connectivity index (χ1v) is 9.17. The van der Waals surface area contributed by atoms with E-state index in [1.54, 1.807) is 0 Å². The summed E-state index contributed by atoms with van der Waals surface area (Å²) in [5.74, 6) is 1.94. The van der Waals surface area contributed by atoms with E-state index in [9.17, 15) is 0 Å². The zero-order chi connectivity index (χ0) is 17.1. The van der Waals surface area contributed by atoms with Crippen molar-refractivity contribution >= 4 is 11.6 Å². The first-order valence-electron chi connectivity index (χ1n) is 9.17. The maximum Gasteiger partial charge on any atom is 0.151 e. The van der Waals surface area contributed by atoms with Gasteiger partial charge in [0.1, 0.15) is 12.7 Å². The second kappa shape index (κ2) is 7.35. The molecular formula is C17H26N8. The molecule has 1 N–H and O–H groups in total. The van der Waals surface area contributed by atoms with E-state index in [1.165, 1.54) is 0 Å². The molecule has 0 unspecified atom stereocenters. The Morgan fingerprint density at radius 1 is 1.00 bits per heavy atom. The first-order chi connectivity index (χ1) is 12.3. The molecule has 4 heterocycles. The number of hydrogen-bond donors (Lipinski definition) is 1. The summed E-state index contributed by atoms with van der Waals surface area (Å²) in [5.41, 5.74) is 0. The summed E-state index contributed by atoms with van der Waals surface area (Å²) >= 11 is 0. The van der Waals surface area contributed by atoms with Gasteiger partial charge in [0.05, 0.1) is 0 Å². The molecule has 2 aromatic rings. The third kappa shape index (κ3) is 3.58. The van der Waals surface area contributed by atoms with Gasteiger partial charge in [0, 0.05) is 32.2 Å². The summed E-state index contributed by atoms with van der Waals surface area (Å²) in [6.45, 7) is 4.14. The van der Waals surface area contributed by atoms with Gasteiger partial charge in [-0.25, -0.2) is 0 Å². The molecule has 25 heavy (non-hydrogen) atoms. The predicted molar refractivity (Wildman–Crippen MR) is 96.8 cm³/mol. The highest BCUT2D eigenvalue weighted by atomic mass is 15.3. The van der Waals surface area contributed by atoms with Crippen LogP contribution in [0.2, 0.25) is 0 Å². The maximum absolute atomic E-state index is 4.49. The van der Waals surface area contributed by atoms with Crippen LogP contribution in [0.4, 0.5) is 11.6 Å². The Labute approximate surface area is 148 Å². The van der Waals surface area contributed by atoms with Crippen LogP contribution in [0.5, 0.6) is 0 Å². The van der Waals surface area contributed by atoms with Gasteiger partial charge in [-0.05, 0) is 50.9 Å². The molecular weight excluding hydrogens is 316 g/mol. The summed E-state index contributed by atoms with van der Waals surface area (Å²) in [5, 5.41) is 20.2. The number of hydrogen-bond acceptors (Lipinski definition) is 7. The zero-order valence-electron chi connectivity index (χ0n) is 14.8. The largest absolute Gasteiger partial charge is 0.355 e. The molecule has 0 atom stereocenters. The van der Waals surface area contributed by atoms with Crippen LogP contribution in [0.1, 0.15) is 31.7 Å². The van der Waals surface area contributed by atoms with Crippen molar-refractivity contribution in [3.63, 3.8) is 0 Å². The van der Waals surface area contributed by atoms with Crippen molar-refractivity contribution in [1.82, 2.24) is 30.3 Å². The van der Waals surface area contributed by atoms with Crippen molar-refractivity contribution in [3.8, 4) is 0 Å². The van der Waals surface area contributed by atoms with Crippen LogP contribution in [0.25, 0.3) is 0 Å². The van der Waals surface area contributed by atoms with Gasteiger partial charge in [0.25, 0.3) is 0 Å². The van der Waals surface area contributed by atoms with Gasteiger partial charge in [0.15, 0.2) is 11.6 Å². The van der Waals surface area contributed by atoms with Crippen LogP contribution in [-0.2, 0) is 0 Å². The Hall–Kier alpha value is -2.22. The van der Waals surface area contributed by atoms with Crippen molar-refractivity contribution in [3.05, 3.63) is 24.8 Å². The molecule has 2 aliphatic heterocycles. The highest BCUT2D eigenvalue weighted by Gasteiger charge is 2.23. The number of rotatable bonds is 4. The second-order valence-corrected chi connectivity index (χ2v) is 6.97. The summed E-state index contributed by atoms with van der Waals surface area (Å²) in [6, 6.07) is 5.26. The molecule has 4 rings (SSSR count). The van der Waals surface area contributed by atoms with Crippen LogP contribution in [0.3, 0.4) is 0 Å². The zero-order valence-corrected chi connectivity index (χ0v) is 14.8. The fraction of sp³-hybridized carbons (Fsp3) is 0.647. The average Bonchev–Trinajstić information content (AvgIpc) is 3.23. The Balaban J connectivity index is 1.36. The van der Waals surface area contributed by atoms with E-state index in [0.29, 0.717) is 12.1 Å². The third-order valence-electron chi connectivity index (χ3n) is 5.50. The minimum Gasteiger partial charge on any atom is -0.355 e. The van der Waals surface area contributed by atoms with Crippen LogP contribution in [0, 0.1) is 0 Å². The van der Waals surface area contributed by atoms with Crippen molar-refractivity contribution in [2.24, 2.45) is 0 Å². The van der Waals surface area contributed by atoms with Gasteiger partial charge in [-0.15, -0.1) is 20.4 Å². The van der Waals surface area contributed by atoms with E-state index in [2.05, 4.69) is 59.3 Å². The number of nitrogens with one attached hydrogen (secondary N) is 1. The van der Waals surface area contributed by atoms with Crippen molar-refractivity contribution in [2.45, 2.75) is 37.8 Å². The molecule has 0 radical (unpaired) electrons. The molecule has 0 amide bonds. The second-order valence-electron chi connectivity index (χ2n) is 6.97. The van der Waals surface area contributed by atoms with E-state index in [0.717, 1.165) is 63.5 Å². The van der Waals surface area contributed by atoms with Gasteiger partial charge in [-0.1, -0.05) is 0 Å². The number of piperidine rings is 2. The molecule has 8 heteroatoms. The highest BCUT2D eigenvalue weighted by molar-refractivity contribution is 5.45. The first kappa shape index (κ1) is 16.3. The van der Waals surface area contributed by atoms with Crippen LogP contribution < -0.4 is 15.1 Å². The predicted octanol–water partition coefficient (Wildman–Crippen LogP) is 1.10. The van der Waals surface area contributed by atoms with Gasteiger partial charge < -0.3 is 19.7 Å². The lowest BCUT2D eigenvalue weighted by Crippen LogP contribution is -2.41. The minimum absolute atomic E-state index is 0.490. The molecule has 0 aromatic carbocycles. The molecule has 2 saturated heterocycles. The normalized spacial score (nSPS) is 20.0. The smallest absolute Gasteiger partial charge is 0.151 e. The molecule has 2 aromatic heterocycles. The van der Waals surface area contributed by atoms with Crippen molar-refractivity contribution < 1.29 is 0 Å². The molecule has 134 valence electrons. The van der Waals surface area contributed by atoms with Gasteiger partial charge >= 0.3 is 0 Å². The Bertz CT molecular complexity index is 642. The number of anilines is 2. The quantitative estimate of drug-likeness (QED) is 0.891.